The van der Waals surface area contributed by atoms with Crippen LogP contribution in [0.4, 0.5) is 5.13 Å². The molecule has 0 atom stereocenters. The number of amides is 1. The van der Waals surface area contributed by atoms with Crippen molar-refractivity contribution in [3.05, 3.63) is 41.7 Å². The topological polar surface area (TPSA) is 67.3 Å². The number of anilines is 1. The molecule has 25 heavy (non-hydrogen) atoms. The maximum atomic E-state index is 11.9. The number of methoxy groups -OCH3 is 1. The maximum Gasteiger partial charge on any atom is 0.221 e. The van der Waals surface area contributed by atoms with Crippen LogP contribution in [0.15, 0.2) is 30.3 Å². The molecule has 1 N–H and O–H groups in total. The average molecular weight is 360 g/mol. The minimum Gasteiger partial charge on any atom is -0.383 e. The predicted molar refractivity (Wildman–Crippen MR) is 99.0 cm³/mol. The van der Waals surface area contributed by atoms with Gasteiger partial charge >= 0.3 is 0 Å². The first-order valence-electron chi connectivity index (χ1n) is 8.64. The third-order valence-electron chi connectivity index (χ3n) is 4.05. The summed E-state index contributed by atoms with van der Waals surface area (Å²) in [5, 5.41) is 3.87. The lowest BCUT2D eigenvalue weighted by atomic mass is 10.1. The standard InChI is InChI=1S/C18H24N4O2S/c1-24-12-11-22(10-9-17(23)19-15-7-8-15)18-20-16(21-25-18)13-14-5-3-2-4-6-14/h2-6,15H,7-13H2,1H3,(H,19,23). The predicted octanol–water partition coefficient (Wildman–Crippen LogP) is 2.25. The van der Waals surface area contributed by atoms with Crippen LogP contribution in [-0.2, 0) is 16.0 Å². The summed E-state index contributed by atoms with van der Waals surface area (Å²) in [7, 11) is 1.68. The van der Waals surface area contributed by atoms with Gasteiger partial charge in [-0.05, 0) is 18.4 Å². The van der Waals surface area contributed by atoms with Gasteiger partial charge < -0.3 is 15.0 Å². The zero-order valence-corrected chi connectivity index (χ0v) is 15.3. The minimum absolute atomic E-state index is 0.110. The summed E-state index contributed by atoms with van der Waals surface area (Å²) in [5.41, 5.74) is 1.19. The number of ether oxygens (including phenoxy) is 1. The van der Waals surface area contributed by atoms with E-state index in [4.69, 9.17) is 4.74 Å². The van der Waals surface area contributed by atoms with Gasteiger partial charge in [0.2, 0.25) is 11.0 Å². The van der Waals surface area contributed by atoms with Crippen LogP contribution in [0.2, 0.25) is 0 Å². The number of aromatic nitrogens is 2. The van der Waals surface area contributed by atoms with Gasteiger partial charge in [-0.2, -0.15) is 4.37 Å². The molecule has 0 radical (unpaired) electrons. The van der Waals surface area contributed by atoms with Crippen molar-refractivity contribution in [2.24, 2.45) is 0 Å². The Morgan fingerprint density at radius 2 is 2.12 bits per heavy atom. The Bertz CT molecular complexity index is 673. The number of carbonyl (C=O) groups excluding carboxylic acids is 1. The zero-order valence-electron chi connectivity index (χ0n) is 14.5. The maximum absolute atomic E-state index is 11.9. The Balaban J connectivity index is 1.58. The molecular formula is C18H24N4O2S. The van der Waals surface area contributed by atoms with Crippen molar-refractivity contribution in [3.8, 4) is 0 Å². The SMILES string of the molecule is COCCN(CCC(=O)NC1CC1)c1nc(Cc2ccccc2)ns1. The summed E-state index contributed by atoms with van der Waals surface area (Å²) in [5.74, 6) is 0.926. The van der Waals surface area contributed by atoms with Gasteiger partial charge in [0, 0.05) is 50.6 Å². The first kappa shape index (κ1) is 17.8. The fourth-order valence-electron chi connectivity index (χ4n) is 2.49. The van der Waals surface area contributed by atoms with Crippen LogP contribution < -0.4 is 10.2 Å². The first-order chi connectivity index (χ1) is 12.2. The van der Waals surface area contributed by atoms with Crippen molar-refractivity contribution in [1.82, 2.24) is 14.7 Å². The fraction of sp³-hybridized carbons (Fsp3) is 0.500. The highest BCUT2D eigenvalue weighted by Crippen LogP contribution is 2.20. The third kappa shape index (κ3) is 5.79. The average Bonchev–Trinajstić information content (AvgIpc) is 3.32. The van der Waals surface area contributed by atoms with Gasteiger partial charge in [-0.3, -0.25) is 4.79 Å². The molecule has 2 aromatic rings. The molecule has 0 spiro atoms. The number of rotatable bonds is 10. The molecule has 0 saturated heterocycles. The molecule has 1 aliphatic carbocycles. The van der Waals surface area contributed by atoms with E-state index in [9.17, 15) is 4.79 Å². The summed E-state index contributed by atoms with van der Waals surface area (Å²) in [6, 6.07) is 10.6. The molecule has 1 aliphatic rings. The molecule has 134 valence electrons. The van der Waals surface area contributed by atoms with Crippen molar-refractivity contribution in [1.29, 1.82) is 0 Å². The molecule has 1 aromatic carbocycles. The summed E-state index contributed by atoms with van der Waals surface area (Å²) in [6.07, 6.45) is 3.40. The van der Waals surface area contributed by atoms with Crippen molar-refractivity contribution < 1.29 is 9.53 Å². The molecule has 1 amide bonds. The Labute approximate surface area is 152 Å². The molecule has 7 heteroatoms. The third-order valence-corrected chi connectivity index (χ3v) is 4.86. The van der Waals surface area contributed by atoms with Crippen LogP contribution in [0.3, 0.4) is 0 Å². The number of benzene rings is 1. The highest BCUT2D eigenvalue weighted by atomic mass is 32.1. The second-order valence-corrected chi connectivity index (χ2v) is 6.96. The van der Waals surface area contributed by atoms with Crippen LogP contribution in [0.1, 0.15) is 30.7 Å². The van der Waals surface area contributed by atoms with Gasteiger partial charge in [0.05, 0.1) is 6.61 Å². The highest BCUT2D eigenvalue weighted by Gasteiger charge is 2.23. The lowest BCUT2D eigenvalue weighted by molar-refractivity contribution is -0.121. The molecule has 1 heterocycles. The molecular weight excluding hydrogens is 336 g/mol. The van der Waals surface area contributed by atoms with E-state index in [0.29, 0.717) is 32.2 Å². The molecule has 0 unspecified atom stereocenters. The number of carbonyl (C=O) groups is 1. The lowest BCUT2D eigenvalue weighted by Gasteiger charge is -2.20. The van der Waals surface area contributed by atoms with Crippen LogP contribution >= 0.6 is 11.5 Å². The second kappa shape index (κ2) is 8.92. The number of nitrogens with one attached hydrogen (secondary N) is 1. The van der Waals surface area contributed by atoms with Crippen LogP contribution in [0, 0.1) is 0 Å². The first-order valence-corrected chi connectivity index (χ1v) is 9.41. The van der Waals surface area contributed by atoms with Gasteiger partial charge in [-0.25, -0.2) is 4.98 Å². The number of hydrogen-bond donors (Lipinski definition) is 1. The van der Waals surface area contributed by atoms with E-state index in [-0.39, 0.29) is 5.91 Å². The largest absolute Gasteiger partial charge is 0.383 e. The van der Waals surface area contributed by atoms with Gasteiger partial charge in [-0.1, -0.05) is 30.3 Å². The van der Waals surface area contributed by atoms with E-state index in [1.54, 1.807) is 7.11 Å². The minimum atomic E-state index is 0.110. The van der Waals surface area contributed by atoms with E-state index in [1.807, 2.05) is 18.2 Å². The molecule has 1 fully saturated rings. The Kier molecular flexibility index (Phi) is 6.36. The second-order valence-electron chi connectivity index (χ2n) is 6.23. The van der Waals surface area contributed by atoms with Crippen molar-refractivity contribution in [2.75, 3.05) is 31.7 Å². The Morgan fingerprint density at radius 3 is 2.84 bits per heavy atom. The molecule has 0 aliphatic heterocycles. The van der Waals surface area contributed by atoms with Crippen LogP contribution in [0.5, 0.6) is 0 Å². The Hall–Kier alpha value is -1.99. The molecule has 1 aromatic heterocycles. The monoisotopic (exact) mass is 360 g/mol. The summed E-state index contributed by atoms with van der Waals surface area (Å²) in [6.45, 7) is 1.92. The van der Waals surface area contributed by atoms with Crippen molar-refractivity contribution in [2.45, 2.75) is 31.7 Å². The van der Waals surface area contributed by atoms with Gasteiger partial charge in [0.1, 0.15) is 5.82 Å². The molecule has 3 rings (SSSR count). The molecule has 0 bridgehead atoms. The molecule has 1 saturated carbocycles. The molecule has 6 nitrogen and oxygen atoms in total. The Morgan fingerprint density at radius 1 is 1.32 bits per heavy atom. The fourth-order valence-corrected chi connectivity index (χ4v) is 3.23. The lowest BCUT2D eigenvalue weighted by Crippen LogP contribution is -2.33. The van der Waals surface area contributed by atoms with Crippen molar-refractivity contribution in [3.63, 3.8) is 0 Å². The van der Waals surface area contributed by atoms with E-state index >= 15 is 0 Å². The normalized spacial score (nSPS) is 13.6. The van der Waals surface area contributed by atoms with E-state index in [0.717, 1.165) is 30.2 Å². The zero-order chi connectivity index (χ0) is 17.5. The summed E-state index contributed by atoms with van der Waals surface area (Å²) < 4.78 is 9.67. The van der Waals surface area contributed by atoms with E-state index < -0.39 is 0 Å². The van der Waals surface area contributed by atoms with E-state index in [2.05, 4.69) is 31.7 Å². The van der Waals surface area contributed by atoms with Crippen LogP contribution in [0.25, 0.3) is 0 Å². The van der Waals surface area contributed by atoms with Crippen LogP contribution in [-0.4, -0.2) is 48.1 Å². The summed E-state index contributed by atoms with van der Waals surface area (Å²) >= 11 is 1.38. The smallest absolute Gasteiger partial charge is 0.221 e. The number of hydrogen-bond acceptors (Lipinski definition) is 6. The van der Waals surface area contributed by atoms with Gasteiger partial charge in [0.25, 0.3) is 0 Å². The summed E-state index contributed by atoms with van der Waals surface area (Å²) in [4.78, 5) is 18.7. The number of nitrogens with zero attached hydrogens (tertiary/aromatic N) is 3. The van der Waals surface area contributed by atoms with Gasteiger partial charge in [0.15, 0.2) is 0 Å². The van der Waals surface area contributed by atoms with Gasteiger partial charge in [-0.15, -0.1) is 0 Å². The van der Waals surface area contributed by atoms with E-state index in [1.165, 1.54) is 17.1 Å². The van der Waals surface area contributed by atoms with Crippen molar-refractivity contribution >= 4 is 22.6 Å². The quantitative estimate of drug-likeness (QED) is 0.704. The highest BCUT2D eigenvalue weighted by molar-refractivity contribution is 7.09.